The monoisotopic (exact) mass is 661 g/mol. The standard InChI is InChI=1S/C31H40BrN3O6S/c1-3-10-34(12-11-33-13-16-40-17-14-33)29(38)27-31-19-23(32)26(42-31)24(30(39)41-15-4-2)25(31)28(37)35(27)22(20-36)18-21-8-6-5-7-9-21/h3-9,22-27,36H,1-2,10-20H2/t22-,23?,24+,25+,26+,27?,31?/m1/s1. The van der Waals surface area contributed by atoms with Gasteiger partial charge in [-0.2, -0.15) is 0 Å². The number of likely N-dealkylation sites (tertiary alicyclic amines) is 1. The van der Waals surface area contributed by atoms with E-state index in [-0.39, 0.29) is 35.1 Å². The van der Waals surface area contributed by atoms with E-state index in [9.17, 15) is 19.5 Å². The van der Waals surface area contributed by atoms with E-state index in [4.69, 9.17) is 9.47 Å². The highest BCUT2D eigenvalue weighted by atomic mass is 79.9. The van der Waals surface area contributed by atoms with Crippen LogP contribution in [0.5, 0.6) is 0 Å². The van der Waals surface area contributed by atoms with Crippen LogP contribution in [0.2, 0.25) is 0 Å². The smallest absolute Gasteiger partial charge is 0.311 e. The number of alkyl halides is 1. The van der Waals surface area contributed by atoms with Gasteiger partial charge in [0.15, 0.2) is 0 Å². The molecule has 0 radical (unpaired) electrons. The first-order valence-corrected chi connectivity index (χ1v) is 16.4. The van der Waals surface area contributed by atoms with Crippen molar-refractivity contribution in [2.24, 2.45) is 11.8 Å². The topological polar surface area (TPSA) is 99.6 Å². The number of fused-ring (bicyclic) bond motifs is 1. The van der Waals surface area contributed by atoms with Crippen LogP contribution in [-0.4, -0.2) is 124 Å². The number of carbonyl (C=O) groups is 3. The quantitative estimate of drug-likeness (QED) is 0.195. The minimum absolute atomic E-state index is 0.0571. The summed E-state index contributed by atoms with van der Waals surface area (Å²) in [7, 11) is 0. The molecule has 2 bridgehead atoms. The van der Waals surface area contributed by atoms with Gasteiger partial charge in [0.2, 0.25) is 11.8 Å². The van der Waals surface area contributed by atoms with Crippen LogP contribution in [0.25, 0.3) is 0 Å². The number of nitrogens with zero attached hydrogens (tertiary/aromatic N) is 3. The van der Waals surface area contributed by atoms with E-state index in [1.807, 2.05) is 30.3 Å². The molecule has 0 aromatic heterocycles. The zero-order valence-corrected chi connectivity index (χ0v) is 26.2. The second-order valence-corrected chi connectivity index (χ2v) is 14.1. The molecule has 1 N–H and O–H groups in total. The lowest BCUT2D eigenvalue weighted by atomic mass is 9.71. The predicted molar refractivity (Wildman–Crippen MR) is 165 cm³/mol. The molecule has 4 aliphatic heterocycles. The van der Waals surface area contributed by atoms with E-state index in [2.05, 4.69) is 34.0 Å². The van der Waals surface area contributed by atoms with Crippen LogP contribution in [0.15, 0.2) is 55.6 Å². The van der Waals surface area contributed by atoms with Gasteiger partial charge in [-0.25, -0.2) is 0 Å². The van der Waals surface area contributed by atoms with Gasteiger partial charge in [-0.05, 0) is 18.4 Å². The van der Waals surface area contributed by atoms with E-state index in [0.29, 0.717) is 45.7 Å². The van der Waals surface area contributed by atoms with E-state index in [1.165, 1.54) is 6.08 Å². The lowest BCUT2D eigenvalue weighted by molar-refractivity contribution is -0.153. The second kappa shape index (κ2) is 13.6. The zero-order chi connectivity index (χ0) is 29.9. The minimum Gasteiger partial charge on any atom is -0.461 e. The molecule has 4 aliphatic rings. The fourth-order valence-corrected chi connectivity index (χ4v) is 10.7. The fraction of sp³-hybridized carbons (Fsp3) is 0.581. The Morgan fingerprint density at radius 2 is 1.98 bits per heavy atom. The number of aliphatic hydroxyl groups excluding tert-OH is 1. The summed E-state index contributed by atoms with van der Waals surface area (Å²) < 4.78 is 10.2. The van der Waals surface area contributed by atoms with Crippen LogP contribution < -0.4 is 0 Å². The van der Waals surface area contributed by atoms with Crippen LogP contribution in [0.1, 0.15) is 12.0 Å². The first-order chi connectivity index (χ1) is 20.4. The Labute approximate surface area is 260 Å². The van der Waals surface area contributed by atoms with Crippen molar-refractivity contribution >= 4 is 45.5 Å². The normalized spacial score (nSPS) is 31.0. The van der Waals surface area contributed by atoms with E-state index >= 15 is 0 Å². The average Bonchev–Trinajstić information content (AvgIpc) is 3.60. The van der Waals surface area contributed by atoms with Crippen molar-refractivity contribution in [2.45, 2.75) is 39.7 Å². The first-order valence-electron chi connectivity index (χ1n) is 14.6. The average molecular weight is 663 g/mol. The van der Waals surface area contributed by atoms with Crippen LogP contribution >= 0.6 is 27.7 Å². The third-order valence-corrected chi connectivity index (χ3v) is 12.2. The number of hydrogen-bond donors (Lipinski definition) is 1. The maximum absolute atomic E-state index is 14.7. The lowest BCUT2D eigenvalue weighted by Gasteiger charge is -2.40. The van der Waals surface area contributed by atoms with Crippen molar-refractivity contribution < 1.29 is 29.0 Å². The predicted octanol–water partition coefficient (Wildman–Crippen LogP) is 2.13. The van der Waals surface area contributed by atoms with Gasteiger partial charge in [-0.15, -0.1) is 18.3 Å². The van der Waals surface area contributed by atoms with Crippen molar-refractivity contribution in [3.63, 3.8) is 0 Å². The highest BCUT2D eigenvalue weighted by Gasteiger charge is 2.76. The van der Waals surface area contributed by atoms with Gasteiger partial charge in [-0.3, -0.25) is 19.3 Å². The fourth-order valence-electron chi connectivity index (χ4n) is 7.09. The Kier molecular flexibility index (Phi) is 10.1. The Bertz CT molecular complexity index is 1170. The Morgan fingerprint density at radius 1 is 1.24 bits per heavy atom. The van der Waals surface area contributed by atoms with Gasteiger partial charge in [0.05, 0.1) is 42.4 Å². The number of thioether (sulfide) groups is 1. The summed E-state index contributed by atoms with van der Waals surface area (Å²) in [5.74, 6) is -2.28. The van der Waals surface area contributed by atoms with Crippen LogP contribution in [0.3, 0.4) is 0 Å². The third kappa shape index (κ3) is 5.83. The van der Waals surface area contributed by atoms with Crippen molar-refractivity contribution in [1.82, 2.24) is 14.7 Å². The summed E-state index contributed by atoms with van der Waals surface area (Å²) in [6.45, 7) is 11.7. The van der Waals surface area contributed by atoms with E-state index < -0.39 is 34.6 Å². The van der Waals surface area contributed by atoms with Crippen molar-refractivity contribution in [1.29, 1.82) is 0 Å². The number of benzene rings is 1. The Morgan fingerprint density at radius 3 is 2.64 bits per heavy atom. The van der Waals surface area contributed by atoms with Gasteiger partial charge in [-0.1, -0.05) is 65.0 Å². The van der Waals surface area contributed by atoms with Crippen LogP contribution in [0.4, 0.5) is 0 Å². The molecule has 2 amide bonds. The summed E-state index contributed by atoms with van der Waals surface area (Å²) in [6, 6.07) is 8.19. The molecule has 7 atom stereocenters. The molecule has 1 spiro atoms. The summed E-state index contributed by atoms with van der Waals surface area (Å²) in [6.07, 6.45) is 4.18. The number of morpholine rings is 1. The highest BCUT2D eigenvalue weighted by molar-refractivity contribution is 9.09. The highest BCUT2D eigenvalue weighted by Crippen LogP contribution is 2.68. The van der Waals surface area contributed by atoms with E-state index in [0.717, 1.165) is 18.7 Å². The molecule has 5 rings (SSSR count). The van der Waals surface area contributed by atoms with E-state index in [1.54, 1.807) is 27.6 Å². The molecule has 11 heteroatoms. The first kappa shape index (κ1) is 31.3. The number of esters is 1. The molecule has 4 fully saturated rings. The molecule has 3 unspecified atom stereocenters. The summed E-state index contributed by atoms with van der Waals surface area (Å²) in [5, 5.41) is 10.5. The molecule has 9 nitrogen and oxygen atoms in total. The SMILES string of the molecule is C=CCOC(=O)[C@H]1[C@H]2C(=O)N([C@@H](CO)Cc3ccccc3)C(C(=O)N(CC=C)CCN3CCOCC3)C23CC(Br)[C@@H]1S3. The number of carbonyl (C=O) groups excluding carboxylic acids is 3. The number of rotatable bonds is 13. The molecule has 4 heterocycles. The number of hydrogen-bond acceptors (Lipinski definition) is 8. The van der Waals surface area contributed by atoms with Crippen molar-refractivity contribution in [3.05, 3.63) is 61.2 Å². The number of amides is 2. The van der Waals surface area contributed by atoms with Gasteiger partial charge >= 0.3 is 5.97 Å². The molecule has 1 aromatic carbocycles. The molecule has 1 aromatic rings. The lowest BCUT2D eigenvalue weighted by Crippen LogP contribution is -2.59. The molecule has 228 valence electrons. The summed E-state index contributed by atoms with van der Waals surface area (Å²) >= 11 is 5.36. The summed E-state index contributed by atoms with van der Waals surface area (Å²) in [5.41, 5.74) is 0.956. The molecular formula is C31H40BrN3O6S. The zero-order valence-electron chi connectivity index (χ0n) is 23.8. The number of aliphatic hydroxyl groups is 1. The largest absolute Gasteiger partial charge is 0.461 e. The van der Waals surface area contributed by atoms with Gasteiger partial charge in [0.25, 0.3) is 0 Å². The molecule has 0 saturated carbocycles. The van der Waals surface area contributed by atoms with Crippen molar-refractivity contribution in [3.8, 4) is 0 Å². The minimum atomic E-state index is -0.840. The summed E-state index contributed by atoms with van der Waals surface area (Å²) in [4.78, 5) is 48.2. The van der Waals surface area contributed by atoms with Gasteiger partial charge in [0, 0.05) is 42.8 Å². The Hall–Kier alpha value is -2.18. The van der Waals surface area contributed by atoms with Gasteiger partial charge in [0.1, 0.15) is 12.6 Å². The van der Waals surface area contributed by atoms with Gasteiger partial charge < -0.3 is 24.4 Å². The number of halogens is 1. The van der Waals surface area contributed by atoms with Crippen LogP contribution in [0, 0.1) is 11.8 Å². The molecule has 42 heavy (non-hydrogen) atoms. The second-order valence-electron chi connectivity index (χ2n) is 11.4. The van der Waals surface area contributed by atoms with Crippen molar-refractivity contribution in [2.75, 3.05) is 59.2 Å². The van der Waals surface area contributed by atoms with Crippen LogP contribution in [-0.2, 0) is 30.3 Å². The molecular weight excluding hydrogens is 622 g/mol. The number of ether oxygens (including phenoxy) is 2. The molecule has 0 aliphatic carbocycles. The Balaban J connectivity index is 1.51. The molecule has 4 saturated heterocycles. The maximum Gasteiger partial charge on any atom is 0.311 e. The maximum atomic E-state index is 14.7. The third-order valence-electron chi connectivity index (χ3n) is 8.95.